The number of aryl methyl sites for hydroxylation is 2. The molecule has 0 saturated carbocycles. The summed E-state index contributed by atoms with van der Waals surface area (Å²) in [5.74, 6) is 0.905. The average Bonchev–Trinajstić information content (AvgIpc) is 2.67. The van der Waals surface area contributed by atoms with E-state index in [1.807, 2.05) is 36.4 Å². The van der Waals surface area contributed by atoms with E-state index in [2.05, 4.69) is 30.2 Å². The van der Waals surface area contributed by atoms with Crippen molar-refractivity contribution in [2.24, 2.45) is 4.99 Å². The van der Waals surface area contributed by atoms with Crippen molar-refractivity contribution in [3.05, 3.63) is 70.3 Å². The van der Waals surface area contributed by atoms with Gasteiger partial charge in [0.15, 0.2) is 5.78 Å². The fourth-order valence-corrected chi connectivity index (χ4v) is 3.24. The molecule has 3 nitrogen and oxygen atoms in total. The van der Waals surface area contributed by atoms with Crippen LogP contribution in [0.5, 0.6) is 0 Å². The number of benzene rings is 2. The molecule has 0 spiro atoms. The molecule has 1 aliphatic rings. The van der Waals surface area contributed by atoms with Crippen molar-refractivity contribution in [2.45, 2.75) is 39.5 Å². The summed E-state index contributed by atoms with van der Waals surface area (Å²) in [5.41, 5.74) is 4.91. The summed E-state index contributed by atoms with van der Waals surface area (Å²) >= 11 is 0. The molecule has 1 aliphatic heterocycles. The molecule has 0 fully saturated rings. The molecule has 0 bridgehead atoms. The third kappa shape index (κ3) is 3.98. The Morgan fingerprint density at radius 3 is 2.76 bits per heavy atom. The summed E-state index contributed by atoms with van der Waals surface area (Å²) in [6.45, 7) is 6.02. The number of hydrogen-bond acceptors (Lipinski definition) is 3. The lowest BCUT2D eigenvalue weighted by atomic mass is 9.94. The van der Waals surface area contributed by atoms with E-state index >= 15 is 0 Å². The average molecular weight is 334 g/mol. The van der Waals surface area contributed by atoms with Crippen LogP contribution in [0.2, 0.25) is 0 Å². The van der Waals surface area contributed by atoms with E-state index in [9.17, 15) is 4.79 Å². The van der Waals surface area contributed by atoms with Crippen molar-refractivity contribution in [2.75, 3.05) is 13.1 Å². The highest BCUT2D eigenvalue weighted by Gasteiger charge is 2.18. The smallest absolute Gasteiger partial charge is 0.193 e. The maximum absolute atomic E-state index is 13.1. The van der Waals surface area contributed by atoms with Gasteiger partial charge in [-0.1, -0.05) is 49.7 Å². The molecule has 2 aromatic carbocycles. The van der Waals surface area contributed by atoms with Crippen molar-refractivity contribution in [1.82, 2.24) is 5.32 Å². The molecule has 25 heavy (non-hydrogen) atoms. The highest BCUT2D eigenvalue weighted by molar-refractivity contribution is 6.16. The zero-order valence-electron chi connectivity index (χ0n) is 15.1. The van der Waals surface area contributed by atoms with Gasteiger partial charge in [-0.05, 0) is 43.4 Å². The summed E-state index contributed by atoms with van der Waals surface area (Å²) < 4.78 is 0. The zero-order chi connectivity index (χ0) is 17.6. The van der Waals surface area contributed by atoms with E-state index in [-0.39, 0.29) is 5.78 Å². The molecule has 3 heteroatoms. The second-order valence-corrected chi connectivity index (χ2v) is 6.63. The molecule has 1 N–H and O–H groups in total. The van der Waals surface area contributed by atoms with Crippen molar-refractivity contribution in [3.63, 3.8) is 0 Å². The first-order chi connectivity index (χ1) is 12.2. The summed E-state index contributed by atoms with van der Waals surface area (Å²) in [5, 5.41) is 3.32. The van der Waals surface area contributed by atoms with Crippen molar-refractivity contribution in [3.8, 4) is 0 Å². The monoisotopic (exact) mass is 334 g/mol. The lowest BCUT2D eigenvalue weighted by Gasteiger charge is -2.17. The Kier molecular flexibility index (Phi) is 5.64. The van der Waals surface area contributed by atoms with Crippen LogP contribution in [0.3, 0.4) is 0 Å². The van der Waals surface area contributed by atoms with Gasteiger partial charge in [0.2, 0.25) is 0 Å². The Hall–Kier alpha value is -2.42. The minimum atomic E-state index is 0.0656. The highest BCUT2D eigenvalue weighted by atomic mass is 16.1. The van der Waals surface area contributed by atoms with Crippen LogP contribution in [0.25, 0.3) is 0 Å². The predicted molar refractivity (Wildman–Crippen MR) is 104 cm³/mol. The molecule has 0 aliphatic carbocycles. The maximum Gasteiger partial charge on any atom is 0.193 e. The van der Waals surface area contributed by atoms with Crippen molar-refractivity contribution in [1.29, 1.82) is 0 Å². The third-order valence-electron chi connectivity index (χ3n) is 4.73. The number of nitrogens with one attached hydrogen (secondary N) is 1. The standard InChI is InChI=1S/C22H26N2O/c1-3-4-8-17-11-12-18(15-16(17)2)21(25)19-9-5-6-10-20(19)22-23-13-7-14-24-22/h5-6,9-12,15H,3-4,7-8,13-14H2,1-2H3,(H,23,24). The van der Waals surface area contributed by atoms with Gasteiger partial charge in [0.25, 0.3) is 0 Å². The van der Waals surface area contributed by atoms with E-state index < -0.39 is 0 Å². The summed E-state index contributed by atoms with van der Waals surface area (Å²) in [6, 6.07) is 13.9. The number of rotatable bonds is 6. The number of nitrogens with zero attached hydrogens (tertiary/aromatic N) is 1. The summed E-state index contributed by atoms with van der Waals surface area (Å²) in [7, 11) is 0. The van der Waals surface area contributed by atoms with Gasteiger partial charge in [-0.3, -0.25) is 9.79 Å². The highest BCUT2D eigenvalue weighted by Crippen LogP contribution is 2.19. The molecule has 1 heterocycles. The Morgan fingerprint density at radius 2 is 2.04 bits per heavy atom. The fourth-order valence-electron chi connectivity index (χ4n) is 3.24. The molecule has 0 unspecified atom stereocenters. The van der Waals surface area contributed by atoms with Gasteiger partial charge in [0.05, 0.1) is 0 Å². The van der Waals surface area contributed by atoms with E-state index in [1.54, 1.807) is 0 Å². The van der Waals surface area contributed by atoms with E-state index in [1.165, 1.54) is 24.0 Å². The first kappa shape index (κ1) is 17.4. The Labute approximate surface area is 150 Å². The van der Waals surface area contributed by atoms with Crippen molar-refractivity contribution < 1.29 is 4.79 Å². The molecule has 0 saturated heterocycles. The number of hydrogen-bond donors (Lipinski definition) is 1. The lowest BCUT2D eigenvalue weighted by molar-refractivity contribution is 0.103. The van der Waals surface area contributed by atoms with E-state index in [4.69, 9.17) is 0 Å². The largest absolute Gasteiger partial charge is 0.370 e. The van der Waals surface area contributed by atoms with E-state index in [0.29, 0.717) is 0 Å². The van der Waals surface area contributed by atoms with Crippen LogP contribution in [-0.4, -0.2) is 24.7 Å². The molecule has 3 rings (SSSR count). The van der Waals surface area contributed by atoms with Crippen molar-refractivity contribution >= 4 is 11.6 Å². The molecule has 0 aromatic heterocycles. The second-order valence-electron chi connectivity index (χ2n) is 6.63. The molecule has 0 atom stereocenters. The molecule has 0 amide bonds. The minimum absolute atomic E-state index is 0.0656. The van der Waals surface area contributed by atoms with Crippen LogP contribution < -0.4 is 5.32 Å². The first-order valence-corrected chi connectivity index (χ1v) is 9.22. The normalized spacial score (nSPS) is 13.9. The van der Waals surface area contributed by atoms with Gasteiger partial charge in [-0.15, -0.1) is 0 Å². The van der Waals surface area contributed by atoms with Gasteiger partial charge in [-0.2, -0.15) is 0 Å². The Balaban J connectivity index is 1.91. The molecule has 130 valence electrons. The quantitative estimate of drug-likeness (QED) is 0.800. The number of carbonyl (C=O) groups excluding carboxylic acids is 1. The molecular formula is C22H26N2O. The molecule has 0 radical (unpaired) electrons. The van der Waals surface area contributed by atoms with Crippen LogP contribution in [-0.2, 0) is 6.42 Å². The number of aliphatic imine (C=N–C) groups is 1. The number of unbranched alkanes of at least 4 members (excludes halogenated alkanes) is 1. The lowest BCUT2D eigenvalue weighted by Crippen LogP contribution is -2.31. The van der Waals surface area contributed by atoms with Crippen LogP contribution in [0, 0.1) is 6.92 Å². The summed E-state index contributed by atoms with van der Waals surface area (Å²) in [4.78, 5) is 17.7. The van der Waals surface area contributed by atoms with Gasteiger partial charge in [0.1, 0.15) is 5.84 Å². The zero-order valence-corrected chi connectivity index (χ0v) is 15.1. The predicted octanol–water partition coefficient (Wildman–Crippen LogP) is 4.31. The summed E-state index contributed by atoms with van der Waals surface area (Å²) in [6.07, 6.45) is 4.48. The Bertz CT molecular complexity index is 792. The maximum atomic E-state index is 13.1. The molecule has 2 aromatic rings. The second kappa shape index (κ2) is 8.11. The third-order valence-corrected chi connectivity index (χ3v) is 4.73. The fraction of sp³-hybridized carbons (Fsp3) is 0.364. The van der Waals surface area contributed by atoms with Crippen LogP contribution in [0.1, 0.15) is 58.8 Å². The number of amidine groups is 1. The van der Waals surface area contributed by atoms with Crippen LogP contribution >= 0.6 is 0 Å². The van der Waals surface area contributed by atoms with Gasteiger partial charge >= 0.3 is 0 Å². The first-order valence-electron chi connectivity index (χ1n) is 9.22. The van der Waals surface area contributed by atoms with Gasteiger partial charge < -0.3 is 5.32 Å². The van der Waals surface area contributed by atoms with Crippen LogP contribution in [0.15, 0.2) is 47.5 Å². The Morgan fingerprint density at radius 1 is 1.20 bits per heavy atom. The van der Waals surface area contributed by atoms with E-state index in [0.717, 1.165) is 48.5 Å². The topological polar surface area (TPSA) is 41.5 Å². The van der Waals surface area contributed by atoms with Crippen LogP contribution in [0.4, 0.5) is 0 Å². The minimum Gasteiger partial charge on any atom is -0.370 e. The van der Waals surface area contributed by atoms with Gasteiger partial charge in [0, 0.05) is 29.8 Å². The number of ketones is 1. The van der Waals surface area contributed by atoms with Gasteiger partial charge in [-0.25, -0.2) is 0 Å². The SMILES string of the molecule is CCCCc1ccc(C(=O)c2ccccc2C2=NCCCN2)cc1C. The molecular weight excluding hydrogens is 308 g/mol. The number of carbonyl (C=O) groups is 1.